The highest BCUT2D eigenvalue weighted by Gasteiger charge is 2.47. The summed E-state index contributed by atoms with van der Waals surface area (Å²) in [6, 6.07) is 4.94. The number of aromatic nitrogens is 1. The molecule has 1 N–H and O–H groups in total. The van der Waals surface area contributed by atoms with Crippen LogP contribution in [0.15, 0.2) is 128 Å². The molecule has 30 heteroatoms. The Hall–Kier alpha value is -7.27. The Labute approximate surface area is 414 Å². The van der Waals surface area contributed by atoms with Gasteiger partial charge in [0.15, 0.2) is 13.0 Å². The van der Waals surface area contributed by atoms with Crippen LogP contribution in [0.2, 0.25) is 0 Å². The average Bonchev–Trinajstić information content (AvgIpc) is 3.30. The zero-order valence-corrected chi connectivity index (χ0v) is 37.3. The number of esters is 1. The smallest absolute Gasteiger partial charge is 0.416 e. The van der Waals surface area contributed by atoms with E-state index in [1.54, 1.807) is 42.6 Å². The van der Waals surface area contributed by atoms with Crippen LogP contribution in [0.1, 0.15) is 65.4 Å². The zero-order chi connectivity index (χ0) is 58.3. The van der Waals surface area contributed by atoms with Crippen LogP contribution in [-0.2, 0) is 60.7 Å². The van der Waals surface area contributed by atoms with Gasteiger partial charge in [0.05, 0.1) is 44.5 Å². The fourth-order valence-electron chi connectivity index (χ4n) is 7.87. The highest BCUT2D eigenvalue weighted by Crippen LogP contribution is 2.41. The standard InChI is InChI=1S/C32H12BF24.C15H14NO4/c34-25(35,36)13-1-14(26(37,38)39)6-21(5-13)33(22-7-15(27(40,41)42)2-16(8-22)28(43,44)45,23-9-17(29(46,47)48)3-18(10-23)30(49,50)51)24-11-19(31(52,53)54)4-20(12-24)32(55,56)57;17-11-20-15(19)13-8-4-5-9-16(13)10-14(18)12-6-2-1-3-7-12/h1-12H;1-9,17H,10-11H2/q-1;+1. The number of halogens is 24. The van der Waals surface area contributed by atoms with E-state index in [1.807, 2.05) is 6.07 Å². The van der Waals surface area contributed by atoms with Crippen LogP contribution in [0.25, 0.3) is 0 Å². The molecule has 0 amide bonds. The molecule has 0 aliphatic carbocycles. The minimum absolute atomic E-state index is 0.0285. The molecule has 0 aliphatic rings. The number of carbonyl (C=O) groups is 2. The number of aliphatic hydroxyl groups is 1. The number of hydrogen-bond acceptors (Lipinski definition) is 4. The van der Waals surface area contributed by atoms with Crippen molar-refractivity contribution in [3.05, 3.63) is 183 Å². The fraction of sp³-hybridized carbons (Fsp3) is 0.213. The van der Waals surface area contributed by atoms with E-state index in [0.29, 0.717) is 5.56 Å². The van der Waals surface area contributed by atoms with Gasteiger partial charge in [-0.2, -0.15) is 132 Å². The molecule has 0 atom stereocenters. The molecule has 77 heavy (non-hydrogen) atoms. The van der Waals surface area contributed by atoms with Crippen molar-refractivity contribution in [2.75, 3.05) is 6.79 Å². The molecular formula is C47H26BF24NO4. The van der Waals surface area contributed by atoms with Crippen LogP contribution in [0.3, 0.4) is 0 Å². The van der Waals surface area contributed by atoms with Gasteiger partial charge in [0.25, 0.3) is 5.69 Å². The summed E-state index contributed by atoms with van der Waals surface area (Å²) >= 11 is 0. The van der Waals surface area contributed by atoms with Gasteiger partial charge in [-0.25, -0.2) is 4.79 Å². The maximum Gasteiger partial charge on any atom is 0.416 e. The molecule has 0 unspecified atom stereocenters. The summed E-state index contributed by atoms with van der Waals surface area (Å²) in [7, 11) is 0. The topological polar surface area (TPSA) is 67.5 Å². The molecule has 1 aromatic heterocycles. The second-order valence-electron chi connectivity index (χ2n) is 16.3. The summed E-state index contributed by atoms with van der Waals surface area (Å²) < 4.78 is 347. The molecule has 1 heterocycles. The van der Waals surface area contributed by atoms with Crippen LogP contribution in [0.5, 0.6) is 0 Å². The number of Topliss-reactive ketones (excluding diaryl/α,β-unsaturated/α-hetero) is 1. The molecule has 0 fully saturated rings. The Kier molecular flexibility index (Phi) is 16.7. The van der Waals surface area contributed by atoms with E-state index in [-0.39, 0.29) is 18.0 Å². The van der Waals surface area contributed by atoms with E-state index in [2.05, 4.69) is 4.74 Å². The average molecular weight is 1140 g/mol. The number of carbonyl (C=O) groups excluding carboxylic acids is 2. The molecule has 0 saturated heterocycles. The molecule has 414 valence electrons. The number of alkyl halides is 24. The van der Waals surface area contributed by atoms with Gasteiger partial charge < -0.3 is 9.84 Å². The maximum absolute atomic E-state index is 14.2. The molecule has 0 radical (unpaired) electrons. The first-order valence-corrected chi connectivity index (χ1v) is 20.7. The third-order valence-corrected chi connectivity index (χ3v) is 11.2. The number of ketones is 1. The van der Waals surface area contributed by atoms with Crippen molar-refractivity contribution < 1.29 is 129 Å². The van der Waals surface area contributed by atoms with Crippen molar-refractivity contribution >= 4 is 39.7 Å². The van der Waals surface area contributed by atoms with Crippen molar-refractivity contribution in [2.24, 2.45) is 0 Å². The van der Waals surface area contributed by atoms with E-state index in [9.17, 15) is 115 Å². The number of nitrogens with zero attached hydrogens (tertiary/aromatic N) is 1. The maximum atomic E-state index is 14.2. The molecule has 0 spiro atoms. The van der Waals surface area contributed by atoms with Gasteiger partial charge in [0, 0.05) is 17.7 Å². The lowest BCUT2D eigenvalue weighted by Crippen LogP contribution is -2.75. The molecule has 6 rings (SSSR count). The van der Waals surface area contributed by atoms with E-state index in [1.165, 1.54) is 10.6 Å². The van der Waals surface area contributed by atoms with E-state index >= 15 is 0 Å². The van der Waals surface area contributed by atoms with Crippen molar-refractivity contribution in [2.45, 2.75) is 56.0 Å². The fourth-order valence-corrected chi connectivity index (χ4v) is 7.87. The Morgan fingerprint density at radius 1 is 0.390 bits per heavy atom. The van der Waals surface area contributed by atoms with E-state index < -0.39 is 207 Å². The van der Waals surface area contributed by atoms with E-state index in [0.717, 1.165) is 0 Å². The van der Waals surface area contributed by atoms with Crippen LogP contribution < -0.4 is 26.4 Å². The predicted molar refractivity (Wildman–Crippen MR) is 220 cm³/mol. The Morgan fingerprint density at radius 3 is 0.896 bits per heavy atom. The second kappa shape index (κ2) is 21.3. The van der Waals surface area contributed by atoms with Crippen LogP contribution in [0.4, 0.5) is 105 Å². The van der Waals surface area contributed by atoms with Crippen LogP contribution in [-0.4, -0.2) is 29.8 Å². The normalized spacial score (nSPS) is 13.2. The highest BCUT2D eigenvalue weighted by atomic mass is 19.4. The summed E-state index contributed by atoms with van der Waals surface area (Å²) in [5, 5.41) is 8.63. The Morgan fingerprint density at radius 2 is 0.649 bits per heavy atom. The summed E-state index contributed by atoms with van der Waals surface area (Å²) in [6.45, 7) is -0.666. The van der Waals surface area contributed by atoms with Crippen molar-refractivity contribution in [3.63, 3.8) is 0 Å². The molecule has 0 saturated carbocycles. The van der Waals surface area contributed by atoms with Crippen molar-refractivity contribution in [3.8, 4) is 0 Å². The van der Waals surface area contributed by atoms with Crippen molar-refractivity contribution in [1.82, 2.24) is 0 Å². The first-order valence-electron chi connectivity index (χ1n) is 20.7. The van der Waals surface area contributed by atoms with Gasteiger partial charge in [0.1, 0.15) is 6.15 Å². The van der Waals surface area contributed by atoms with Gasteiger partial charge in [-0.05, 0) is 30.3 Å². The van der Waals surface area contributed by atoms with Crippen LogP contribution in [0, 0.1) is 0 Å². The summed E-state index contributed by atoms with van der Waals surface area (Å²) in [5.74, 6) is -0.784. The van der Waals surface area contributed by atoms with Gasteiger partial charge in [-0.15, -0.1) is 0 Å². The molecule has 6 aromatic rings. The number of aliphatic hydroxyl groups excluding tert-OH is 1. The molecule has 5 aromatic carbocycles. The first-order chi connectivity index (χ1) is 35.0. The Balaban J connectivity index is 0.000000455. The second-order valence-corrected chi connectivity index (χ2v) is 16.3. The molecule has 0 bridgehead atoms. The van der Waals surface area contributed by atoms with Crippen LogP contribution >= 0.6 is 0 Å². The quantitative estimate of drug-likeness (QED) is 0.0391. The zero-order valence-electron chi connectivity index (χ0n) is 37.3. The lowest BCUT2D eigenvalue weighted by Gasteiger charge is -2.46. The monoisotopic (exact) mass is 1140 g/mol. The number of ether oxygens (including phenoxy) is 1. The number of rotatable bonds is 9. The third kappa shape index (κ3) is 14.2. The lowest BCUT2D eigenvalue weighted by molar-refractivity contribution is -0.685. The summed E-state index contributed by atoms with van der Waals surface area (Å²) in [4.78, 5) is 23.8. The number of pyridine rings is 1. The minimum Gasteiger partial charge on any atom is -0.431 e. The molecule has 0 aliphatic heterocycles. The molecular weight excluding hydrogens is 1110 g/mol. The SMILES string of the molecule is FC(F)(F)c1cc([B-](c2cc(C(F)(F)F)cc(C(F)(F)F)c2)(c2cc(C(F)(F)F)cc(C(F)(F)F)c2)c2cc(C(F)(F)F)cc(C(F)(F)F)c2)cc(C(F)(F)F)c1.O=C(C[n+]1ccccc1C(=O)OCO)c1ccccc1. The van der Waals surface area contributed by atoms with Crippen molar-refractivity contribution in [1.29, 1.82) is 0 Å². The number of benzene rings is 5. The van der Waals surface area contributed by atoms with Gasteiger partial charge in [-0.1, -0.05) is 78.9 Å². The first kappa shape index (κ1) is 60.6. The number of hydrogen-bond donors (Lipinski definition) is 1. The Bertz CT molecular complexity index is 2680. The van der Waals surface area contributed by atoms with E-state index in [4.69, 9.17) is 5.11 Å². The van der Waals surface area contributed by atoms with Gasteiger partial charge in [0.2, 0.25) is 12.3 Å². The highest BCUT2D eigenvalue weighted by molar-refractivity contribution is 7.20. The summed E-state index contributed by atoms with van der Waals surface area (Å²) in [6.07, 6.45) is -53.2. The van der Waals surface area contributed by atoms with Gasteiger partial charge >= 0.3 is 55.4 Å². The lowest BCUT2D eigenvalue weighted by atomic mass is 9.12. The molecule has 5 nitrogen and oxygen atoms in total. The third-order valence-electron chi connectivity index (χ3n) is 11.2. The minimum atomic E-state index is -6.13. The predicted octanol–water partition coefficient (Wildman–Crippen LogP) is 12.2. The largest absolute Gasteiger partial charge is 0.431 e. The summed E-state index contributed by atoms with van der Waals surface area (Å²) in [5.41, 5.74) is -29.4. The van der Waals surface area contributed by atoms with Gasteiger partial charge in [-0.3, -0.25) is 4.79 Å².